The lowest BCUT2D eigenvalue weighted by molar-refractivity contribution is -0.121. The van der Waals surface area contributed by atoms with Gasteiger partial charge in [0.25, 0.3) is 11.8 Å². The van der Waals surface area contributed by atoms with Gasteiger partial charge < -0.3 is 10.1 Å². The van der Waals surface area contributed by atoms with E-state index < -0.39 is 22.0 Å². The molecule has 0 aromatic heterocycles. The molecule has 188 valence electrons. The highest BCUT2D eigenvalue weighted by Gasteiger charge is 2.28. The van der Waals surface area contributed by atoms with E-state index in [0.29, 0.717) is 27.7 Å². The van der Waals surface area contributed by atoms with E-state index in [9.17, 15) is 18.0 Å². The number of halogens is 1. The van der Waals surface area contributed by atoms with E-state index in [4.69, 9.17) is 16.3 Å². The van der Waals surface area contributed by atoms with Gasteiger partial charge in [-0.05, 0) is 61.0 Å². The molecule has 1 unspecified atom stereocenters. The molecule has 0 heterocycles. The molecule has 0 spiro atoms. The van der Waals surface area contributed by atoms with Crippen LogP contribution in [0.4, 0.5) is 11.4 Å². The van der Waals surface area contributed by atoms with Crippen LogP contribution < -0.4 is 19.8 Å². The van der Waals surface area contributed by atoms with Crippen LogP contribution in [0.5, 0.6) is 5.75 Å². The molecule has 1 atom stereocenters. The number of nitrogens with one attached hydrogen (secondary N) is 2. The topological polar surface area (TPSA) is 117 Å². The summed E-state index contributed by atoms with van der Waals surface area (Å²) < 4.78 is 31.1. The van der Waals surface area contributed by atoms with E-state index >= 15 is 0 Å². The highest BCUT2D eigenvalue weighted by atomic mass is 35.5. The standard InChI is InChI=1S/C25H25ClN4O5S/c1-18(30(36(2,33)34)20-8-4-3-5-9-20)25(32)29-27-16-19-12-14-21(15-13-19)35-17-24(31)28-23-11-7-6-10-22(23)26/h3-16,18H,17H2,1-2H3,(H,28,31)(H,29,32)/b27-16+. The summed E-state index contributed by atoms with van der Waals surface area (Å²) in [5, 5.41) is 7.02. The van der Waals surface area contributed by atoms with Crippen LogP contribution in [0.2, 0.25) is 5.02 Å². The number of carbonyl (C=O) groups is 2. The van der Waals surface area contributed by atoms with Gasteiger partial charge >= 0.3 is 0 Å². The third kappa shape index (κ3) is 7.56. The number of carbonyl (C=O) groups excluding carboxylic acids is 2. The summed E-state index contributed by atoms with van der Waals surface area (Å²) in [7, 11) is -3.70. The molecule has 3 rings (SSSR count). The van der Waals surface area contributed by atoms with Crippen molar-refractivity contribution in [1.29, 1.82) is 0 Å². The summed E-state index contributed by atoms with van der Waals surface area (Å²) in [4.78, 5) is 24.6. The fourth-order valence-electron chi connectivity index (χ4n) is 3.20. The smallest absolute Gasteiger partial charge is 0.263 e. The molecular formula is C25H25ClN4O5S. The van der Waals surface area contributed by atoms with E-state index in [0.717, 1.165) is 10.6 Å². The number of para-hydroxylation sites is 2. The lowest BCUT2D eigenvalue weighted by Gasteiger charge is -2.27. The van der Waals surface area contributed by atoms with Crippen LogP contribution in [0.25, 0.3) is 0 Å². The molecule has 0 aliphatic rings. The zero-order chi connectivity index (χ0) is 26.1. The minimum Gasteiger partial charge on any atom is -0.484 e. The van der Waals surface area contributed by atoms with Gasteiger partial charge in [-0.2, -0.15) is 5.10 Å². The molecule has 2 amide bonds. The summed E-state index contributed by atoms with van der Waals surface area (Å²) in [5.41, 5.74) is 3.89. The molecule has 0 bridgehead atoms. The Morgan fingerprint density at radius 2 is 1.67 bits per heavy atom. The van der Waals surface area contributed by atoms with Crippen molar-refractivity contribution in [1.82, 2.24) is 5.43 Å². The van der Waals surface area contributed by atoms with Crippen molar-refractivity contribution in [3.05, 3.63) is 89.4 Å². The maximum Gasteiger partial charge on any atom is 0.263 e. The Labute approximate surface area is 214 Å². The Kier molecular flexibility index (Phi) is 9.04. The SMILES string of the molecule is CC(C(=O)N/N=C/c1ccc(OCC(=O)Nc2ccccc2Cl)cc1)N(c1ccccc1)S(C)(=O)=O. The molecule has 0 saturated heterocycles. The first-order chi connectivity index (χ1) is 17.1. The van der Waals surface area contributed by atoms with Crippen LogP contribution >= 0.6 is 11.6 Å². The molecule has 3 aromatic rings. The molecular weight excluding hydrogens is 504 g/mol. The number of rotatable bonds is 10. The van der Waals surface area contributed by atoms with Crippen LogP contribution in [-0.2, 0) is 19.6 Å². The first-order valence-corrected chi connectivity index (χ1v) is 13.0. The monoisotopic (exact) mass is 528 g/mol. The molecule has 0 aliphatic heterocycles. The molecule has 0 fully saturated rings. The summed E-state index contributed by atoms with van der Waals surface area (Å²) in [6.07, 6.45) is 2.45. The fourth-order valence-corrected chi connectivity index (χ4v) is 4.55. The number of hydrogen-bond donors (Lipinski definition) is 2. The van der Waals surface area contributed by atoms with Crippen LogP contribution in [0.1, 0.15) is 12.5 Å². The van der Waals surface area contributed by atoms with Gasteiger partial charge in [-0.3, -0.25) is 13.9 Å². The number of hydrazone groups is 1. The summed E-state index contributed by atoms with van der Waals surface area (Å²) in [5.74, 6) is -0.486. The molecule has 9 nitrogen and oxygen atoms in total. The first kappa shape index (κ1) is 26.7. The number of hydrogen-bond acceptors (Lipinski definition) is 6. The average molecular weight is 529 g/mol. The lowest BCUT2D eigenvalue weighted by Crippen LogP contribution is -2.46. The number of amides is 2. The van der Waals surface area contributed by atoms with Gasteiger partial charge in [0.1, 0.15) is 11.8 Å². The number of ether oxygens (including phenoxy) is 1. The van der Waals surface area contributed by atoms with Crippen LogP contribution in [0, 0.1) is 0 Å². The lowest BCUT2D eigenvalue weighted by atomic mass is 10.2. The van der Waals surface area contributed by atoms with Crippen molar-refractivity contribution >= 4 is 51.0 Å². The Balaban J connectivity index is 1.53. The van der Waals surface area contributed by atoms with Gasteiger partial charge in [0.05, 0.1) is 28.9 Å². The summed E-state index contributed by atoms with van der Waals surface area (Å²) >= 11 is 6.02. The van der Waals surface area contributed by atoms with Gasteiger partial charge in [0.15, 0.2) is 6.61 Å². The summed E-state index contributed by atoms with van der Waals surface area (Å²) in [6, 6.07) is 20.9. The number of sulfonamides is 1. The number of benzene rings is 3. The Bertz CT molecular complexity index is 1330. The van der Waals surface area contributed by atoms with Crippen molar-refractivity contribution in [3.63, 3.8) is 0 Å². The van der Waals surface area contributed by atoms with E-state index in [2.05, 4.69) is 15.8 Å². The van der Waals surface area contributed by atoms with Gasteiger partial charge in [0.2, 0.25) is 10.0 Å². The highest BCUT2D eigenvalue weighted by molar-refractivity contribution is 7.92. The minimum absolute atomic E-state index is 0.204. The van der Waals surface area contributed by atoms with E-state index in [1.165, 1.54) is 13.1 Å². The van der Waals surface area contributed by atoms with Crippen molar-refractivity contribution in [2.45, 2.75) is 13.0 Å². The molecule has 0 radical (unpaired) electrons. The van der Waals surface area contributed by atoms with Crippen LogP contribution in [-0.4, -0.2) is 45.4 Å². The fraction of sp³-hybridized carbons (Fsp3) is 0.160. The van der Waals surface area contributed by atoms with Crippen molar-refractivity contribution in [3.8, 4) is 5.75 Å². The molecule has 11 heteroatoms. The van der Waals surface area contributed by atoms with E-state index in [-0.39, 0.29) is 12.5 Å². The third-order valence-electron chi connectivity index (χ3n) is 4.89. The molecule has 0 aliphatic carbocycles. The second kappa shape index (κ2) is 12.2. The maximum atomic E-state index is 12.6. The predicted octanol–water partition coefficient (Wildman–Crippen LogP) is 3.66. The van der Waals surface area contributed by atoms with Gasteiger partial charge in [-0.25, -0.2) is 13.8 Å². The first-order valence-electron chi connectivity index (χ1n) is 10.8. The summed E-state index contributed by atoms with van der Waals surface area (Å²) in [6.45, 7) is 1.28. The van der Waals surface area contributed by atoms with Crippen LogP contribution in [0.3, 0.4) is 0 Å². The third-order valence-corrected chi connectivity index (χ3v) is 6.46. The van der Waals surface area contributed by atoms with Gasteiger partial charge in [0, 0.05) is 0 Å². The van der Waals surface area contributed by atoms with Gasteiger partial charge in [-0.1, -0.05) is 41.9 Å². The normalized spacial score (nSPS) is 12.1. The average Bonchev–Trinajstić information content (AvgIpc) is 2.85. The Hall–Kier alpha value is -3.89. The predicted molar refractivity (Wildman–Crippen MR) is 141 cm³/mol. The second-order valence-electron chi connectivity index (χ2n) is 7.69. The van der Waals surface area contributed by atoms with Crippen LogP contribution in [0.15, 0.2) is 84.0 Å². The van der Waals surface area contributed by atoms with E-state index in [1.807, 2.05) is 0 Å². The second-order valence-corrected chi connectivity index (χ2v) is 9.96. The number of nitrogens with zero attached hydrogens (tertiary/aromatic N) is 2. The largest absolute Gasteiger partial charge is 0.484 e. The Morgan fingerprint density at radius 1 is 1.03 bits per heavy atom. The van der Waals surface area contributed by atoms with Crippen molar-refractivity contribution < 1.29 is 22.7 Å². The quantitative estimate of drug-likeness (QED) is 0.307. The number of anilines is 2. The molecule has 2 N–H and O–H groups in total. The molecule has 36 heavy (non-hydrogen) atoms. The Morgan fingerprint density at radius 3 is 2.31 bits per heavy atom. The zero-order valence-corrected chi connectivity index (χ0v) is 21.2. The highest BCUT2D eigenvalue weighted by Crippen LogP contribution is 2.21. The zero-order valence-electron chi connectivity index (χ0n) is 19.6. The van der Waals surface area contributed by atoms with Gasteiger partial charge in [-0.15, -0.1) is 0 Å². The molecule has 0 saturated carbocycles. The van der Waals surface area contributed by atoms with E-state index in [1.54, 1.807) is 78.9 Å². The maximum absolute atomic E-state index is 12.6. The molecule has 3 aromatic carbocycles. The minimum atomic E-state index is -3.70. The van der Waals surface area contributed by atoms with Crippen molar-refractivity contribution in [2.24, 2.45) is 5.10 Å². The van der Waals surface area contributed by atoms with Crippen molar-refractivity contribution in [2.75, 3.05) is 22.5 Å².